The Balaban J connectivity index is 2.10. The fourth-order valence-electron chi connectivity index (χ4n) is 3.05. The number of amides is 1. The molecule has 1 atom stereocenters. The average molecular weight is 341 g/mol. The van der Waals surface area contributed by atoms with Crippen LogP contribution in [0.15, 0.2) is 78.9 Å². The molecule has 1 N–H and O–H groups in total. The molecule has 3 aromatic carbocycles. The van der Waals surface area contributed by atoms with Gasteiger partial charge in [0.25, 0.3) is 0 Å². The molecule has 0 aliphatic rings. The van der Waals surface area contributed by atoms with Crippen LogP contribution in [0.2, 0.25) is 0 Å². The van der Waals surface area contributed by atoms with E-state index in [1.807, 2.05) is 78.9 Å². The highest BCUT2D eigenvalue weighted by Gasteiger charge is 2.35. The third-order valence-electron chi connectivity index (χ3n) is 4.56. The minimum atomic E-state index is -1.27. The molecule has 0 heterocycles. The molecule has 0 saturated heterocycles. The van der Waals surface area contributed by atoms with Crippen molar-refractivity contribution in [1.82, 2.24) is 5.32 Å². The van der Waals surface area contributed by atoms with E-state index < -0.39 is 5.31 Å². The zero-order chi connectivity index (χ0) is 18.6. The molecule has 0 aromatic heterocycles. The standard InChI is InChI=1S/C22H20BNO2/c1-24-21(25)22(23,18-8-4-3-5-9-18)19-10-6-7-17(15-19)16-11-13-20(26-2)14-12-16/h3-15H,1-2H3,(H,24,25). The molecule has 0 fully saturated rings. The molecular formula is C22H20BNO2. The Bertz CT molecular complexity index is 894. The number of carbonyl (C=O) groups excluding carboxylic acids is 1. The first-order valence-corrected chi connectivity index (χ1v) is 8.41. The van der Waals surface area contributed by atoms with Crippen molar-refractivity contribution in [1.29, 1.82) is 0 Å². The summed E-state index contributed by atoms with van der Waals surface area (Å²) in [7, 11) is 9.89. The molecule has 26 heavy (non-hydrogen) atoms. The molecule has 0 aliphatic carbocycles. The summed E-state index contributed by atoms with van der Waals surface area (Å²) in [6, 6.07) is 25.0. The fourth-order valence-corrected chi connectivity index (χ4v) is 3.05. The number of ether oxygens (including phenoxy) is 1. The minimum Gasteiger partial charge on any atom is -0.497 e. The van der Waals surface area contributed by atoms with Crippen LogP contribution in [0, 0.1) is 0 Å². The van der Waals surface area contributed by atoms with Crippen molar-refractivity contribution >= 4 is 13.8 Å². The van der Waals surface area contributed by atoms with E-state index in [0.717, 1.165) is 28.0 Å². The van der Waals surface area contributed by atoms with E-state index in [2.05, 4.69) is 5.32 Å². The lowest BCUT2D eigenvalue weighted by Gasteiger charge is -2.30. The molecule has 0 aliphatic heterocycles. The first kappa shape index (κ1) is 17.8. The Morgan fingerprint density at radius 1 is 0.885 bits per heavy atom. The lowest BCUT2D eigenvalue weighted by Crippen LogP contribution is -2.44. The van der Waals surface area contributed by atoms with Gasteiger partial charge in [0.05, 0.1) is 12.4 Å². The predicted molar refractivity (Wildman–Crippen MR) is 105 cm³/mol. The first-order valence-electron chi connectivity index (χ1n) is 8.41. The summed E-state index contributed by atoms with van der Waals surface area (Å²) in [6.45, 7) is 0. The number of likely N-dealkylation sites (N-methyl/N-ethyl adjacent to an activating group) is 1. The zero-order valence-electron chi connectivity index (χ0n) is 14.9. The minimum absolute atomic E-state index is 0.254. The molecule has 0 saturated carbocycles. The van der Waals surface area contributed by atoms with Gasteiger partial charge in [-0.15, -0.1) is 0 Å². The zero-order valence-corrected chi connectivity index (χ0v) is 14.9. The van der Waals surface area contributed by atoms with Crippen molar-refractivity contribution in [2.75, 3.05) is 14.2 Å². The summed E-state index contributed by atoms with van der Waals surface area (Å²) in [5.41, 5.74) is 3.49. The van der Waals surface area contributed by atoms with E-state index >= 15 is 0 Å². The number of carbonyl (C=O) groups is 1. The Morgan fingerprint density at radius 3 is 2.15 bits per heavy atom. The lowest BCUT2D eigenvalue weighted by molar-refractivity contribution is -0.122. The van der Waals surface area contributed by atoms with E-state index in [9.17, 15) is 4.79 Å². The van der Waals surface area contributed by atoms with Crippen LogP contribution in [0.4, 0.5) is 0 Å². The molecule has 0 bridgehead atoms. The maximum absolute atomic E-state index is 12.7. The second kappa shape index (κ2) is 7.48. The quantitative estimate of drug-likeness (QED) is 0.721. The van der Waals surface area contributed by atoms with Crippen LogP contribution in [0.3, 0.4) is 0 Å². The summed E-state index contributed by atoms with van der Waals surface area (Å²) in [4.78, 5) is 12.7. The van der Waals surface area contributed by atoms with Crippen molar-refractivity contribution in [2.24, 2.45) is 0 Å². The summed E-state index contributed by atoms with van der Waals surface area (Å²) in [5.74, 6) is 0.545. The maximum atomic E-state index is 12.7. The van der Waals surface area contributed by atoms with Gasteiger partial charge in [-0.3, -0.25) is 4.79 Å². The van der Waals surface area contributed by atoms with Crippen molar-refractivity contribution in [2.45, 2.75) is 5.31 Å². The molecule has 2 radical (unpaired) electrons. The van der Waals surface area contributed by atoms with Crippen LogP contribution in [-0.4, -0.2) is 27.9 Å². The number of methoxy groups -OCH3 is 1. The van der Waals surface area contributed by atoms with Crippen LogP contribution < -0.4 is 10.1 Å². The van der Waals surface area contributed by atoms with Crippen molar-refractivity contribution in [3.8, 4) is 16.9 Å². The number of rotatable bonds is 5. The molecule has 1 unspecified atom stereocenters. The predicted octanol–water partition coefficient (Wildman–Crippen LogP) is 3.52. The molecule has 3 rings (SSSR count). The highest BCUT2D eigenvalue weighted by atomic mass is 16.5. The second-order valence-electron chi connectivity index (χ2n) is 6.06. The molecule has 128 valence electrons. The van der Waals surface area contributed by atoms with Gasteiger partial charge in [-0.05, 0) is 34.4 Å². The Morgan fingerprint density at radius 2 is 1.54 bits per heavy atom. The van der Waals surface area contributed by atoms with E-state index in [1.165, 1.54) is 0 Å². The Kier molecular flexibility index (Phi) is 5.12. The summed E-state index contributed by atoms with van der Waals surface area (Å²) in [6.07, 6.45) is 0. The van der Waals surface area contributed by atoms with Gasteiger partial charge in [0.15, 0.2) is 0 Å². The maximum Gasteiger partial charge on any atom is 0.225 e. The van der Waals surface area contributed by atoms with Crippen LogP contribution in [0.25, 0.3) is 11.1 Å². The van der Waals surface area contributed by atoms with Crippen LogP contribution in [0.5, 0.6) is 5.75 Å². The largest absolute Gasteiger partial charge is 0.497 e. The van der Waals surface area contributed by atoms with Gasteiger partial charge < -0.3 is 10.1 Å². The first-order chi connectivity index (χ1) is 12.6. The van der Waals surface area contributed by atoms with Crippen molar-refractivity contribution in [3.63, 3.8) is 0 Å². The highest BCUT2D eigenvalue weighted by Crippen LogP contribution is 2.32. The van der Waals surface area contributed by atoms with Crippen molar-refractivity contribution < 1.29 is 9.53 Å². The van der Waals surface area contributed by atoms with Crippen LogP contribution in [0.1, 0.15) is 11.1 Å². The van der Waals surface area contributed by atoms with E-state index in [4.69, 9.17) is 12.6 Å². The van der Waals surface area contributed by atoms with Gasteiger partial charge in [-0.1, -0.05) is 66.7 Å². The van der Waals surface area contributed by atoms with Gasteiger partial charge in [0, 0.05) is 7.05 Å². The summed E-state index contributed by atoms with van der Waals surface area (Å²) >= 11 is 0. The van der Waals surface area contributed by atoms with Crippen LogP contribution in [-0.2, 0) is 10.1 Å². The SMILES string of the molecule is [B]C(C(=O)NC)(c1ccccc1)c1cccc(-c2ccc(OC)cc2)c1. The van der Waals surface area contributed by atoms with E-state index in [1.54, 1.807) is 14.2 Å². The Labute approximate surface area is 155 Å². The Hall–Kier alpha value is -3.01. The van der Waals surface area contributed by atoms with Gasteiger partial charge in [-0.25, -0.2) is 0 Å². The van der Waals surface area contributed by atoms with Crippen LogP contribution >= 0.6 is 0 Å². The van der Waals surface area contributed by atoms with Gasteiger partial charge in [0.1, 0.15) is 13.6 Å². The fraction of sp³-hybridized carbons (Fsp3) is 0.136. The third kappa shape index (κ3) is 3.23. The molecule has 0 spiro atoms. The number of hydrogen-bond acceptors (Lipinski definition) is 2. The molecule has 3 nitrogen and oxygen atoms in total. The smallest absolute Gasteiger partial charge is 0.225 e. The molecule has 3 aromatic rings. The third-order valence-corrected chi connectivity index (χ3v) is 4.56. The van der Waals surface area contributed by atoms with Gasteiger partial charge >= 0.3 is 0 Å². The number of hydrogen-bond donors (Lipinski definition) is 1. The highest BCUT2D eigenvalue weighted by molar-refractivity contribution is 6.31. The molecule has 4 heteroatoms. The van der Waals surface area contributed by atoms with E-state index in [0.29, 0.717) is 0 Å². The summed E-state index contributed by atoms with van der Waals surface area (Å²) < 4.78 is 5.21. The molecule has 1 amide bonds. The number of benzene rings is 3. The number of nitrogens with one attached hydrogen (secondary N) is 1. The van der Waals surface area contributed by atoms with Gasteiger partial charge in [0.2, 0.25) is 5.91 Å². The second-order valence-corrected chi connectivity index (χ2v) is 6.06. The van der Waals surface area contributed by atoms with Gasteiger partial charge in [-0.2, -0.15) is 0 Å². The normalized spacial score (nSPS) is 12.8. The summed E-state index contributed by atoms with van der Waals surface area (Å²) in [5, 5.41) is 1.43. The molecular weight excluding hydrogens is 321 g/mol. The topological polar surface area (TPSA) is 38.3 Å². The average Bonchev–Trinajstić information content (AvgIpc) is 2.73. The van der Waals surface area contributed by atoms with Crippen molar-refractivity contribution in [3.05, 3.63) is 90.0 Å². The van der Waals surface area contributed by atoms with E-state index in [-0.39, 0.29) is 5.91 Å². The monoisotopic (exact) mass is 341 g/mol. The lowest BCUT2D eigenvalue weighted by atomic mass is 9.59.